The van der Waals surface area contributed by atoms with Crippen LogP contribution in [0.1, 0.15) is 67.2 Å². The Morgan fingerprint density at radius 1 is 1.05 bits per heavy atom. The molecule has 22 heavy (non-hydrogen) atoms. The Labute approximate surface area is 133 Å². The zero-order valence-electron chi connectivity index (χ0n) is 14.5. The molecule has 1 amide bonds. The molecule has 0 aromatic rings. The minimum atomic E-state index is -0.771. The van der Waals surface area contributed by atoms with E-state index < -0.39 is 29.3 Å². The Morgan fingerprint density at radius 2 is 1.59 bits per heavy atom. The van der Waals surface area contributed by atoms with Gasteiger partial charge in [0.15, 0.2) is 0 Å². The highest BCUT2D eigenvalue weighted by atomic mass is 16.6. The number of rotatable bonds is 6. The third kappa shape index (κ3) is 11.0. The molecule has 0 aliphatic heterocycles. The summed E-state index contributed by atoms with van der Waals surface area (Å²) in [4.78, 5) is 24.0. The molecule has 0 aromatic heterocycles. The molecule has 0 rings (SSSR count). The van der Waals surface area contributed by atoms with Crippen molar-refractivity contribution >= 4 is 12.1 Å². The number of unbranched alkanes of at least 4 members (excludes halogenated alkanes) is 2. The summed E-state index contributed by atoms with van der Waals surface area (Å²) >= 11 is 0. The van der Waals surface area contributed by atoms with Gasteiger partial charge in [0, 0.05) is 6.42 Å². The molecule has 0 bridgehead atoms. The molecule has 126 valence electrons. The van der Waals surface area contributed by atoms with E-state index in [2.05, 4.69) is 11.4 Å². The first-order valence-corrected chi connectivity index (χ1v) is 7.54. The Balaban J connectivity index is 4.68. The van der Waals surface area contributed by atoms with Crippen molar-refractivity contribution in [3.63, 3.8) is 0 Å². The minimum Gasteiger partial charge on any atom is -0.458 e. The molecule has 0 fully saturated rings. The molecular weight excluding hydrogens is 284 g/mol. The fourth-order valence-corrected chi connectivity index (χ4v) is 1.62. The largest absolute Gasteiger partial charge is 0.458 e. The number of esters is 1. The molecule has 0 heterocycles. The van der Waals surface area contributed by atoms with E-state index in [9.17, 15) is 9.59 Å². The maximum atomic E-state index is 12.2. The number of alkyl carbamates (subject to hydrolysis) is 1. The van der Waals surface area contributed by atoms with Crippen molar-refractivity contribution in [1.29, 1.82) is 5.26 Å². The molecule has 1 atom stereocenters. The van der Waals surface area contributed by atoms with Gasteiger partial charge in [-0.05, 0) is 60.8 Å². The molecule has 1 unspecified atom stereocenters. The number of hydrogen-bond donors (Lipinski definition) is 1. The molecule has 1 N–H and O–H groups in total. The molecule has 0 radical (unpaired) electrons. The molecule has 6 heteroatoms. The Hall–Kier alpha value is -1.77. The van der Waals surface area contributed by atoms with E-state index >= 15 is 0 Å². The van der Waals surface area contributed by atoms with Gasteiger partial charge >= 0.3 is 12.1 Å². The van der Waals surface area contributed by atoms with Gasteiger partial charge in [-0.2, -0.15) is 5.26 Å². The predicted molar refractivity (Wildman–Crippen MR) is 83.1 cm³/mol. The Kier molecular flexibility index (Phi) is 7.93. The second-order valence-corrected chi connectivity index (χ2v) is 7.14. The van der Waals surface area contributed by atoms with Crippen LogP contribution in [0, 0.1) is 11.3 Å². The van der Waals surface area contributed by atoms with Crippen molar-refractivity contribution < 1.29 is 19.1 Å². The van der Waals surface area contributed by atoms with Crippen LogP contribution in [0.3, 0.4) is 0 Å². The van der Waals surface area contributed by atoms with Crippen molar-refractivity contribution in [1.82, 2.24) is 5.32 Å². The summed E-state index contributed by atoms with van der Waals surface area (Å²) in [5.41, 5.74) is -1.26. The van der Waals surface area contributed by atoms with Crippen molar-refractivity contribution in [2.45, 2.75) is 84.5 Å². The third-order valence-corrected chi connectivity index (χ3v) is 2.41. The molecule has 0 saturated carbocycles. The van der Waals surface area contributed by atoms with Crippen LogP contribution in [-0.2, 0) is 14.3 Å². The van der Waals surface area contributed by atoms with Crippen LogP contribution in [0.5, 0.6) is 0 Å². The SMILES string of the molecule is CC(C)(C)OC(=O)NC(CCCCC#N)C(=O)OC(C)(C)C. The maximum Gasteiger partial charge on any atom is 0.408 e. The lowest BCUT2D eigenvalue weighted by Crippen LogP contribution is -2.46. The molecule has 0 aromatic carbocycles. The van der Waals surface area contributed by atoms with Gasteiger partial charge in [-0.1, -0.05) is 0 Å². The highest BCUT2D eigenvalue weighted by Crippen LogP contribution is 2.13. The van der Waals surface area contributed by atoms with Crippen molar-refractivity contribution in [2.24, 2.45) is 0 Å². The number of carbonyl (C=O) groups is 2. The lowest BCUT2D eigenvalue weighted by molar-refractivity contribution is -0.157. The summed E-state index contributed by atoms with van der Waals surface area (Å²) in [6.07, 6.45) is 1.51. The average Bonchev–Trinajstić information content (AvgIpc) is 2.28. The number of amides is 1. The highest BCUT2D eigenvalue weighted by molar-refractivity contribution is 5.81. The predicted octanol–water partition coefficient (Wildman–Crippen LogP) is 3.31. The summed E-state index contributed by atoms with van der Waals surface area (Å²) in [7, 11) is 0. The number of nitrogens with one attached hydrogen (secondary N) is 1. The summed E-state index contributed by atoms with van der Waals surface area (Å²) in [5, 5.41) is 11.1. The monoisotopic (exact) mass is 312 g/mol. The Morgan fingerprint density at radius 3 is 2.05 bits per heavy atom. The number of ether oxygens (including phenoxy) is 2. The first-order valence-electron chi connectivity index (χ1n) is 7.54. The second-order valence-electron chi connectivity index (χ2n) is 7.14. The van der Waals surface area contributed by atoms with Crippen molar-refractivity contribution in [2.75, 3.05) is 0 Å². The summed E-state index contributed by atoms with van der Waals surface area (Å²) in [6, 6.07) is 1.28. The number of nitrogens with zero attached hydrogens (tertiary/aromatic N) is 1. The highest BCUT2D eigenvalue weighted by Gasteiger charge is 2.28. The van der Waals surface area contributed by atoms with E-state index in [1.165, 1.54) is 0 Å². The third-order valence-electron chi connectivity index (χ3n) is 2.41. The fraction of sp³-hybridized carbons (Fsp3) is 0.812. The van der Waals surface area contributed by atoms with E-state index in [4.69, 9.17) is 14.7 Å². The van der Waals surface area contributed by atoms with Crippen LogP contribution in [0.2, 0.25) is 0 Å². The van der Waals surface area contributed by atoms with Crippen LogP contribution in [-0.4, -0.2) is 29.3 Å². The first kappa shape index (κ1) is 20.2. The fourth-order valence-electron chi connectivity index (χ4n) is 1.62. The van der Waals surface area contributed by atoms with Crippen LogP contribution in [0.4, 0.5) is 4.79 Å². The minimum absolute atomic E-state index is 0.413. The average molecular weight is 312 g/mol. The maximum absolute atomic E-state index is 12.2. The molecule has 6 nitrogen and oxygen atoms in total. The van der Waals surface area contributed by atoms with Gasteiger partial charge in [-0.3, -0.25) is 0 Å². The quantitative estimate of drug-likeness (QED) is 0.600. The standard InChI is InChI=1S/C16H28N2O4/c1-15(2,3)21-13(19)12(10-8-7-9-11-17)18-14(20)22-16(4,5)6/h12H,7-10H2,1-6H3,(H,18,20). The summed E-state index contributed by atoms with van der Waals surface area (Å²) < 4.78 is 10.5. The Bertz CT molecular complexity index is 413. The van der Waals surface area contributed by atoms with Gasteiger partial charge in [0.25, 0.3) is 0 Å². The summed E-state index contributed by atoms with van der Waals surface area (Å²) in [5.74, 6) is -0.490. The van der Waals surface area contributed by atoms with Crippen LogP contribution in [0.15, 0.2) is 0 Å². The normalized spacial score (nSPS) is 13.0. The van der Waals surface area contributed by atoms with Gasteiger partial charge in [0.1, 0.15) is 17.2 Å². The zero-order valence-corrected chi connectivity index (χ0v) is 14.5. The molecule has 0 spiro atoms. The molecule has 0 saturated heterocycles. The number of hydrogen-bond acceptors (Lipinski definition) is 5. The van der Waals surface area contributed by atoms with E-state index in [0.29, 0.717) is 25.7 Å². The van der Waals surface area contributed by atoms with E-state index in [1.807, 2.05) is 0 Å². The number of nitriles is 1. The van der Waals surface area contributed by atoms with Gasteiger partial charge in [-0.15, -0.1) is 0 Å². The van der Waals surface area contributed by atoms with E-state index in [0.717, 1.165) is 0 Å². The van der Waals surface area contributed by atoms with E-state index in [1.54, 1.807) is 41.5 Å². The van der Waals surface area contributed by atoms with Crippen LogP contribution < -0.4 is 5.32 Å². The van der Waals surface area contributed by atoms with Gasteiger partial charge in [0.2, 0.25) is 0 Å². The topological polar surface area (TPSA) is 88.4 Å². The van der Waals surface area contributed by atoms with Crippen LogP contribution in [0.25, 0.3) is 0 Å². The van der Waals surface area contributed by atoms with Crippen LogP contribution >= 0.6 is 0 Å². The lowest BCUT2D eigenvalue weighted by atomic mass is 10.1. The molecule has 0 aliphatic carbocycles. The number of carbonyl (C=O) groups excluding carboxylic acids is 2. The van der Waals surface area contributed by atoms with Gasteiger partial charge in [0.05, 0.1) is 6.07 Å². The van der Waals surface area contributed by atoms with Crippen molar-refractivity contribution in [3.8, 4) is 6.07 Å². The van der Waals surface area contributed by atoms with Gasteiger partial charge in [-0.25, -0.2) is 9.59 Å². The van der Waals surface area contributed by atoms with Gasteiger partial charge < -0.3 is 14.8 Å². The van der Waals surface area contributed by atoms with Crippen molar-refractivity contribution in [3.05, 3.63) is 0 Å². The second kappa shape index (κ2) is 8.62. The van der Waals surface area contributed by atoms with E-state index in [-0.39, 0.29) is 0 Å². The first-order chi connectivity index (χ1) is 9.94. The summed E-state index contributed by atoms with van der Waals surface area (Å²) in [6.45, 7) is 10.6. The zero-order chi connectivity index (χ0) is 17.4. The molecule has 0 aliphatic rings. The lowest BCUT2D eigenvalue weighted by Gasteiger charge is -2.26. The molecular formula is C16H28N2O4. The smallest absolute Gasteiger partial charge is 0.408 e.